The van der Waals surface area contributed by atoms with E-state index in [1.807, 2.05) is 25.1 Å². The van der Waals surface area contributed by atoms with E-state index in [1.165, 1.54) is 21.3 Å². The van der Waals surface area contributed by atoms with Gasteiger partial charge in [0.2, 0.25) is 5.75 Å². The Morgan fingerprint density at radius 2 is 1.70 bits per heavy atom. The predicted octanol–water partition coefficient (Wildman–Crippen LogP) is 2.78. The van der Waals surface area contributed by atoms with Gasteiger partial charge in [0, 0.05) is 0 Å². The molecule has 1 amide bonds. The highest BCUT2D eigenvalue weighted by molar-refractivity contribution is 5.78. The van der Waals surface area contributed by atoms with Crippen molar-refractivity contribution >= 4 is 5.91 Å². The molecule has 0 heterocycles. The second-order valence-electron chi connectivity index (χ2n) is 5.64. The minimum absolute atomic E-state index is 0.201. The number of hydrogen-bond donors (Lipinski definition) is 1. The van der Waals surface area contributed by atoms with Crippen molar-refractivity contribution in [2.24, 2.45) is 0 Å². The molecule has 0 aliphatic rings. The maximum Gasteiger partial charge on any atom is 0.259 e. The first-order valence-corrected chi connectivity index (χ1v) is 8.21. The molecule has 0 bridgehead atoms. The second-order valence-corrected chi connectivity index (χ2v) is 5.64. The Hall–Kier alpha value is -3.40. The van der Waals surface area contributed by atoms with E-state index in [0.29, 0.717) is 28.6 Å². The molecule has 1 N–H and O–H groups in total. The molecule has 2 aromatic carbocycles. The molecule has 0 radical (unpaired) electrons. The third-order valence-electron chi connectivity index (χ3n) is 3.91. The summed E-state index contributed by atoms with van der Waals surface area (Å²) in [4.78, 5) is 12.2. The third kappa shape index (κ3) is 4.82. The van der Waals surface area contributed by atoms with Crippen LogP contribution in [0.2, 0.25) is 0 Å². The number of benzene rings is 2. The molecular weight excluding hydrogens is 348 g/mol. The summed E-state index contributed by atoms with van der Waals surface area (Å²) in [7, 11) is 4.46. The topological polar surface area (TPSA) is 89.8 Å². The standard InChI is InChI=1S/C20H22N2O5/c1-13-7-5-6-8-16(13)27-12-19(23)22-15(11-21)14-9-17(24-2)20(26-4)18(10-14)25-3/h5-10,15H,12H2,1-4H3,(H,22,23). The van der Waals surface area contributed by atoms with Gasteiger partial charge in [-0.25, -0.2) is 0 Å². The highest BCUT2D eigenvalue weighted by Gasteiger charge is 2.20. The predicted molar refractivity (Wildman–Crippen MR) is 99.3 cm³/mol. The Labute approximate surface area is 158 Å². The molecule has 0 saturated carbocycles. The number of methoxy groups -OCH3 is 3. The molecule has 0 fully saturated rings. The van der Waals surface area contributed by atoms with E-state index in [2.05, 4.69) is 11.4 Å². The molecule has 7 nitrogen and oxygen atoms in total. The quantitative estimate of drug-likeness (QED) is 0.768. The fraction of sp³-hybridized carbons (Fsp3) is 0.300. The first-order valence-electron chi connectivity index (χ1n) is 8.21. The maximum atomic E-state index is 12.2. The average Bonchev–Trinajstić information content (AvgIpc) is 2.70. The van der Waals surface area contributed by atoms with Crippen molar-refractivity contribution in [2.75, 3.05) is 27.9 Å². The highest BCUT2D eigenvalue weighted by atomic mass is 16.5. The first-order chi connectivity index (χ1) is 13.0. The summed E-state index contributed by atoms with van der Waals surface area (Å²) >= 11 is 0. The average molecular weight is 370 g/mol. The van der Waals surface area contributed by atoms with Crippen molar-refractivity contribution in [1.29, 1.82) is 5.26 Å². The number of amides is 1. The van der Waals surface area contributed by atoms with E-state index in [4.69, 9.17) is 18.9 Å². The molecular formula is C20H22N2O5. The largest absolute Gasteiger partial charge is 0.493 e. The summed E-state index contributed by atoms with van der Waals surface area (Å²) < 4.78 is 21.4. The fourth-order valence-electron chi connectivity index (χ4n) is 2.52. The van der Waals surface area contributed by atoms with Crippen LogP contribution >= 0.6 is 0 Å². The van der Waals surface area contributed by atoms with Crippen LogP contribution in [0.5, 0.6) is 23.0 Å². The van der Waals surface area contributed by atoms with E-state index in [0.717, 1.165) is 5.56 Å². The molecule has 0 aliphatic carbocycles. The lowest BCUT2D eigenvalue weighted by atomic mass is 10.1. The van der Waals surface area contributed by atoms with E-state index >= 15 is 0 Å². The minimum atomic E-state index is -0.897. The Bertz CT molecular complexity index is 820. The third-order valence-corrected chi connectivity index (χ3v) is 3.91. The summed E-state index contributed by atoms with van der Waals surface area (Å²) in [5, 5.41) is 12.1. The van der Waals surface area contributed by atoms with Gasteiger partial charge < -0.3 is 24.3 Å². The number of aryl methyl sites for hydroxylation is 1. The number of carbonyl (C=O) groups excluding carboxylic acids is 1. The van der Waals surface area contributed by atoms with Gasteiger partial charge >= 0.3 is 0 Å². The van der Waals surface area contributed by atoms with E-state index in [9.17, 15) is 10.1 Å². The van der Waals surface area contributed by atoms with Crippen LogP contribution in [0.15, 0.2) is 36.4 Å². The number of carbonyl (C=O) groups is 1. The lowest BCUT2D eigenvalue weighted by Gasteiger charge is -2.17. The zero-order chi connectivity index (χ0) is 19.8. The fourth-order valence-corrected chi connectivity index (χ4v) is 2.52. The number of nitriles is 1. The van der Waals surface area contributed by atoms with Crippen LogP contribution in [-0.2, 0) is 4.79 Å². The van der Waals surface area contributed by atoms with Crippen LogP contribution in [0.4, 0.5) is 0 Å². The zero-order valence-electron chi connectivity index (χ0n) is 15.7. The minimum Gasteiger partial charge on any atom is -0.493 e. The van der Waals surface area contributed by atoms with Crippen LogP contribution in [0.1, 0.15) is 17.2 Å². The zero-order valence-corrected chi connectivity index (χ0v) is 15.7. The number of nitrogens with zero attached hydrogens (tertiary/aromatic N) is 1. The van der Waals surface area contributed by atoms with Gasteiger partial charge in [0.1, 0.15) is 11.8 Å². The number of para-hydroxylation sites is 1. The summed E-state index contributed by atoms with van der Waals surface area (Å²) in [5.41, 5.74) is 1.43. The van der Waals surface area contributed by atoms with Crippen LogP contribution in [0.25, 0.3) is 0 Å². The normalized spacial score (nSPS) is 11.1. The molecule has 0 spiro atoms. The molecule has 0 aromatic heterocycles. The van der Waals surface area contributed by atoms with E-state index in [-0.39, 0.29) is 6.61 Å². The van der Waals surface area contributed by atoms with Crippen molar-refractivity contribution in [3.63, 3.8) is 0 Å². The Balaban J connectivity index is 2.13. The number of nitrogens with one attached hydrogen (secondary N) is 1. The molecule has 27 heavy (non-hydrogen) atoms. The Morgan fingerprint density at radius 3 is 2.22 bits per heavy atom. The lowest BCUT2D eigenvalue weighted by Crippen LogP contribution is -2.32. The molecule has 2 aromatic rings. The second kappa shape index (κ2) is 9.34. The van der Waals surface area contributed by atoms with E-state index in [1.54, 1.807) is 18.2 Å². The van der Waals surface area contributed by atoms with Gasteiger partial charge in [0.15, 0.2) is 18.1 Å². The summed E-state index contributed by atoms with van der Waals surface area (Å²) in [6, 6.07) is 11.8. The number of hydrogen-bond acceptors (Lipinski definition) is 6. The summed E-state index contributed by atoms with van der Waals surface area (Å²) in [6.07, 6.45) is 0. The first kappa shape index (κ1) is 19.9. The van der Waals surface area contributed by atoms with Gasteiger partial charge in [-0.1, -0.05) is 18.2 Å². The monoisotopic (exact) mass is 370 g/mol. The van der Waals surface area contributed by atoms with Gasteiger partial charge in [-0.15, -0.1) is 0 Å². The van der Waals surface area contributed by atoms with Gasteiger partial charge in [0.25, 0.3) is 5.91 Å². The summed E-state index contributed by atoms with van der Waals surface area (Å²) in [5.74, 6) is 1.41. The van der Waals surface area contributed by atoms with Crippen LogP contribution in [-0.4, -0.2) is 33.8 Å². The van der Waals surface area contributed by atoms with Gasteiger partial charge in [0.05, 0.1) is 27.4 Å². The van der Waals surface area contributed by atoms with Crippen molar-refractivity contribution in [3.05, 3.63) is 47.5 Å². The number of rotatable bonds is 8. The molecule has 0 saturated heterocycles. The van der Waals surface area contributed by atoms with Gasteiger partial charge in [-0.05, 0) is 36.2 Å². The number of ether oxygens (including phenoxy) is 4. The summed E-state index contributed by atoms with van der Waals surface area (Å²) in [6.45, 7) is 1.69. The Kier molecular flexibility index (Phi) is 6.89. The molecule has 2 rings (SSSR count). The maximum absolute atomic E-state index is 12.2. The van der Waals surface area contributed by atoms with Crippen LogP contribution in [0, 0.1) is 18.3 Å². The van der Waals surface area contributed by atoms with Crippen LogP contribution < -0.4 is 24.3 Å². The molecule has 7 heteroatoms. The van der Waals surface area contributed by atoms with Crippen molar-refractivity contribution in [2.45, 2.75) is 13.0 Å². The van der Waals surface area contributed by atoms with Crippen molar-refractivity contribution < 1.29 is 23.7 Å². The van der Waals surface area contributed by atoms with Crippen molar-refractivity contribution in [3.8, 4) is 29.1 Å². The molecule has 142 valence electrons. The SMILES string of the molecule is COc1cc(C(C#N)NC(=O)COc2ccccc2C)cc(OC)c1OC. The molecule has 1 atom stereocenters. The smallest absolute Gasteiger partial charge is 0.259 e. The van der Waals surface area contributed by atoms with Crippen molar-refractivity contribution in [1.82, 2.24) is 5.32 Å². The lowest BCUT2D eigenvalue weighted by molar-refractivity contribution is -0.123. The highest BCUT2D eigenvalue weighted by Crippen LogP contribution is 2.39. The molecule has 0 aliphatic heterocycles. The van der Waals surface area contributed by atoms with E-state index < -0.39 is 11.9 Å². The molecule has 1 unspecified atom stereocenters. The van der Waals surface area contributed by atoms with Gasteiger partial charge in [-0.2, -0.15) is 5.26 Å². The van der Waals surface area contributed by atoms with Crippen LogP contribution in [0.3, 0.4) is 0 Å². The van der Waals surface area contributed by atoms with Gasteiger partial charge in [-0.3, -0.25) is 4.79 Å². The Morgan fingerprint density at radius 1 is 1.07 bits per heavy atom.